The van der Waals surface area contributed by atoms with E-state index in [1.807, 2.05) is 0 Å². The molecule has 76 heavy (non-hydrogen) atoms. The molecule has 0 rings (SSSR count). The first-order chi connectivity index (χ1) is 37.5. The van der Waals surface area contributed by atoms with Crippen LogP contribution in [0.25, 0.3) is 0 Å². The van der Waals surface area contributed by atoms with Gasteiger partial charge < -0.3 is 14.2 Å². The SMILES string of the molecule is CC/C=C\C/C=C\C/C=C\CCCCCC(=O)OCC(COC(=O)CCCCCCCCCCCCCCCCCCCCCCCCCCCCCCCCC)OC(=O)CCCCCCC/C=C\CCCCCCC. The van der Waals surface area contributed by atoms with Crippen molar-refractivity contribution in [1.29, 1.82) is 0 Å². The van der Waals surface area contributed by atoms with Crippen LogP contribution in [0.3, 0.4) is 0 Å². The van der Waals surface area contributed by atoms with Crippen LogP contribution in [0.2, 0.25) is 0 Å². The predicted octanol–water partition coefficient (Wildman–Crippen LogP) is 22.9. The van der Waals surface area contributed by atoms with Crippen molar-refractivity contribution in [2.45, 2.75) is 367 Å². The summed E-state index contributed by atoms with van der Waals surface area (Å²) in [6.07, 6.45) is 81.6. The van der Waals surface area contributed by atoms with Gasteiger partial charge in [0.05, 0.1) is 0 Å². The van der Waals surface area contributed by atoms with E-state index in [0.29, 0.717) is 19.3 Å². The standard InChI is InChI=1S/C70H128O6/c1-4-7-10-13-16-19-22-25-27-28-29-30-31-32-33-34-35-36-37-38-39-40-41-42-43-46-48-51-54-57-60-63-69(72)75-66-67(65-74-68(71)62-59-56-53-50-47-44-24-21-18-15-12-9-6-3)76-70(73)64-61-58-55-52-49-45-26-23-20-17-14-11-8-5-2/h9,12,18,21,23,26,44,47,67H,4-8,10-11,13-17,19-20,22,24-25,27-43,45-46,48-66H2,1-3H3/b12-9-,21-18-,26-23-,47-44-. The van der Waals surface area contributed by atoms with Crippen molar-refractivity contribution in [3.63, 3.8) is 0 Å². The first-order valence-corrected chi connectivity index (χ1v) is 33.6. The molecule has 0 amide bonds. The zero-order chi connectivity index (χ0) is 55.0. The van der Waals surface area contributed by atoms with Crippen LogP contribution in [0, 0.1) is 0 Å². The van der Waals surface area contributed by atoms with E-state index in [0.717, 1.165) is 96.3 Å². The fraction of sp³-hybridized carbons (Fsp3) is 0.843. The number of hydrogen-bond acceptors (Lipinski definition) is 6. The van der Waals surface area contributed by atoms with Gasteiger partial charge in [0.2, 0.25) is 0 Å². The minimum atomic E-state index is -0.788. The molecule has 0 aliphatic heterocycles. The second-order valence-electron chi connectivity index (χ2n) is 22.7. The van der Waals surface area contributed by atoms with Gasteiger partial charge in [0, 0.05) is 19.3 Å². The molecule has 0 bridgehead atoms. The quantitative estimate of drug-likeness (QED) is 0.0261. The average molecular weight is 1070 g/mol. The lowest BCUT2D eigenvalue weighted by Gasteiger charge is -2.18. The molecule has 0 radical (unpaired) electrons. The van der Waals surface area contributed by atoms with Gasteiger partial charge in [-0.25, -0.2) is 0 Å². The maximum Gasteiger partial charge on any atom is 0.306 e. The molecular formula is C70H128O6. The number of allylic oxidation sites excluding steroid dienone is 8. The monoisotopic (exact) mass is 1060 g/mol. The minimum Gasteiger partial charge on any atom is -0.462 e. The van der Waals surface area contributed by atoms with E-state index in [1.165, 1.54) is 225 Å². The summed E-state index contributed by atoms with van der Waals surface area (Å²) in [4.78, 5) is 38.2. The molecule has 0 fully saturated rings. The van der Waals surface area contributed by atoms with Gasteiger partial charge in [0.25, 0.3) is 0 Å². The first-order valence-electron chi connectivity index (χ1n) is 33.6. The fourth-order valence-electron chi connectivity index (χ4n) is 10.0. The maximum absolute atomic E-state index is 12.9. The van der Waals surface area contributed by atoms with Gasteiger partial charge in [0.1, 0.15) is 13.2 Å². The molecule has 0 aliphatic carbocycles. The van der Waals surface area contributed by atoms with Crippen LogP contribution < -0.4 is 0 Å². The van der Waals surface area contributed by atoms with Gasteiger partial charge in [-0.15, -0.1) is 0 Å². The molecular weight excluding hydrogens is 937 g/mol. The number of carbonyl (C=O) groups excluding carboxylic acids is 3. The van der Waals surface area contributed by atoms with Crippen LogP contribution in [0.15, 0.2) is 48.6 Å². The largest absolute Gasteiger partial charge is 0.462 e. The fourth-order valence-corrected chi connectivity index (χ4v) is 10.0. The number of esters is 3. The number of unbranched alkanes of at least 4 members (excludes halogenated alkanes) is 43. The second-order valence-corrected chi connectivity index (χ2v) is 22.7. The lowest BCUT2D eigenvalue weighted by atomic mass is 10.0. The highest BCUT2D eigenvalue weighted by atomic mass is 16.6. The van der Waals surface area contributed by atoms with E-state index < -0.39 is 6.10 Å². The molecule has 0 aromatic heterocycles. The summed E-state index contributed by atoms with van der Waals surface area (Å²) in [5, 5.41) is 0. The van der Waals surface area contributed by atoms with Gasteiger partial charge in [-0.05, 0) is 77.0 Å². The Kier molecular flexibility index (Phi) is 62.6. The van der Waals surface area contributed by atoms with Crippen LogP contribution in [0.5, 0.6) is 0 Å². The number of hydrogen-bond donors (Lipinski definition) is 0. The lowest BCUT2D eigenvalue weighted by molar-refractivity contribution is -0.167. The van der Waals surface area contributed by atoms with Crippen molar-refractivity contribution < 1.29 is 28.6 Å². The van der Waals surface area contributed by atoms with Gasteiger partial charge in [-0.2, -0.15) is 0 Å². The molecule has 6 heteroatoms. The Labute approximate surface area is 473 Å². The average Bonchev–Trinajstić information content (AvgIpc) is 3.42. The number of carbonyl (C=O) groups is 3. The molecule has 6 nitrogen and oxygen atoms in total. The van der Waals surface area contributed by atoms with Crippen molar-refractivity contribution in [1.82, 2.24) is 0 Å². The van der Waals surface area contributed by atoms with Crippen LogP contribution in [-0.4, -0.2) is 37.2 Å². The molecule has 0 N–H and O–H groups in total. The molecule has 0 spiro atoms. The molecule has 0 aromatic rings. The summed E-state index contributed by atoms with van der Waals surface area (Å²) in [6, 6.07) is 0. The molecule has 1 atom stereocenters. The second kappa shape index (κ2) is 64.9. The van der Waals surface area contributed by atoms with Crippen molar-refractivity contribution >= 4 is 17.9 Å². The highest BCUT2D eigenvalue weighted by Gasteiger charge is 2.19. The smallest absolute Gasteiger partial charge is 0.306 e. The summed E-state index contributed by atoms with van der Waals surface area (Å²) in [6.45, 7) is 6.53. The Hall–Kier alpha value is -2.63. The summed E-state index contributed by atoms with van der Waals surface area (Å²) >= 11 is 0. The van der Waals surface area contributed by atoms with Crippen molar-refractivity contribution in [3.8, 4) is 0 Å². The Morgan fingerprint density at radius 3 is 0.829 bits per heavy atom. The maximum atomic E-state index is 12.9. The van der Waals surface area contributed by atoms with E-state index in [1.54, 1.807) is 0 Å². The Morgan fingerprint density at radius 2 is 0.513 bits per heavy atom. The van der Waals surface area contributed by atoms with Gasteiger partial charge in [0.15, 0.2) is 6.10 Å². The number of rotatable bonds is 62. The lowest BCUT2D eigenvalue weighted by Crippen LogP contribution is -2.30. The number of ether oxygens (including phenoxy) is 3. The van der Waals surface area contributed by atoms with Crippen LogP contribution in [-0.2, 0) is 28.6 Å². The zero-order valence-electron chi connectivity index (χ0n) is 51.0. The van der Waals surface area contributed by atoms with Gasteiger partial charge >= 0.3 is 17.9 Å². The van der Waals surface area contributed by atoms with E-state index >= 15 is 0 Å². The molecule has 0 saturated carbocycles. The summed E-state index contributed by atoms with van der Waals surface area (Å²) in [5.41, 5.74) is 0. The third kappa shape index (κ3) is 62.2. The van der Waals surface area contributed by atoms with Crippen molar-refractivity contribution in [2.24, 2.45) is 0 Å². The van der Waals surface area contributed by atoms with Crippen LogP contribution in [0.4, 0.5) is 0 Å². The first kappa shape index (κ1) is 73.4. The third-order valence-electron chi connectivity index (χ3n) is 15.1. The predicted molar refractivity (Wildman–Crippen MR) is 330 cm³/mol. The topological polar surface area (TPSA) is 78.9 Å². The molecule has 1 unspecified atom stereocenters. The van der Waals surface area contributed by atoms with E-state index in [-0.39, 0.29) is 31.1 Å². The van der Waals surface area contributed by atoms with Crippen molar-refractivity contribution in [3.05, 3.63) is 48.6 Å². The summed E-state index contributed by atoms with van der Waals surface area (Å²) in [5.74, 6) is -0.904. The van der Waals surface area contributed by atoms with Crippen molar-refractivity contribution in [2.75, 3.05) is 13.2 Å². The Bertz CT molecular complexity index is 1310. The summed E-state index contributed by atoms with van der Waals surface area (Å²) in [7, 11) is 0. The van der Waals surface area contributed by atoms with Crippen LogP contribution in [0.1, 0.15) is 361 Å². The van der Waals surface area contributed by atoms with E-state index in [2.05, 4.69) is 69.4 Å². The molecule has 444 valence electrons. The van der Waals surface area contributed by atoms with E-state index in [9.17, 15) is 14.4 Å². The Morgan fingerprint density at radius 1 is 0.276 bits per heavy atom. The molecule has 0 aromatic carbocycles. The normalized spacial score (nSPS) is 12.3. The zero-order valence-corrected chi connectivity index (χ0v) is 51.0. The summed E-state index contributed by atoms with van der Waals surface area (Å²) < 4.78 is 16.9. The van der Waals surface area contributed by atoms with E-state index in [4.69, 9.17) is 14.2 Å². The highest BCUT2D eigenvalue weighted by Crippen LogP contribution is 2.18. The van der Waals surface area contributed by atoms with Gasteiger partial charge in [-0.1, -0.05) is 313 Å². The highest BCUT2D eigenvalue weighted by molar-refractivity contribution is 5.71. The minimum absolute atomic E-state index is 0.0827. The molecule has 0 saturated heterocycles. The molecule has 0 heterocycles. The third-order valence-corrected chi connectivity index (χ3v) is 15.1. The molecule has 0 aliphatic rings. The Balaban J connectivity index is 4.11. The van der Waals surface area contributed by atoms with Crippen LogP contribution >= 0.6 is 0 Å². The van der Waals surface area contributed by atoms with Gasteiger partial charge in [-0.3, -0.25) is 14.4 Å².